The molecule has 0 radical (unpaired) electrons. The van der Waals surface area contributed by atoms with Gasteiger partial charge < -0.3 is 10.1 Å². The molecule has 1 aliphatic heterocycles. The van der Waals surface area contributed by atoms with Crippen LogP contribution in [0.2, 0.25) is 0 Å². The number of amides is 1. The molecular weight excluding hydrogens is 304 g/mol. The number of ether oxygens (including phenoxy) is 1. The van der Waals surface area contributed by atoms with E-state index in [9.17, 15) is 13.2 Å². The molecule has 1 aromatic carbocycles. The van der Waals surface area contributed by atoms with Crippen molar-refractivity contribution < 1.29 is 17.9 Å². The van der Waals surface area contributed by atoms with Gasteiger partial charge in [0.25, 0.3) is 0 Å². The van der Waals surface area contributed by atoms with Crippen LogP contribution in [-0.2, 0) is 19.6 Å². The second kappa shape index (κ2) is 7.11. The van der Waals surface area contributed by atoms with Crippen LogP contribution in [-0.4, -0.2) is 39.3 Å². The van der Waals surface area contributed by atoms with Gasteiger partial charge in [-0.05, 0) is 44.0 Å². The molecule has 1 fully saturated rings. The highest BCUT2D eigenvalue weighted by molar-refractivity contribution is 7.92. The average Bonchev–Trinajstić information content (AvgIpc) is 2.49. The van der Waals surface area contributed by atoms with Crippen molar-refractivity contribution >= 4 is 27.3 Å². The summed E-state index contributed by atoms with van der Waals surface area (Å²) in [6.45, 7) is 4.23. The van der Waals surface area contributed by atoms with E-state index in [1.807, 2.05) is 0 Å². The van der Waals surface area contributed by atoms with Crippen molar-refractivity contribution in [1.29, 1.82) is 0 Å². The molecule has 1 aromatic rings. The monoisotopic (exact) mass is 326 g/mol. The molecule has 1 N–H and O–H groups in total. The molecule has 6 nitrogen and oxygen atoms in total. The highest BCUT2D eigenvalue weighted by atomic mass is 32.2. The Balaban J connectivity index is 2.30. The lowest BCUT2D eigenvalue weighted by Crippen LogP contribution is -2.44. The van der Waals surface area contributed by atoms with E-state index in [1.165, 1.54) is 11.2 Å². The number of hydrogen-bond donors (Lipinski definition) is 1. The van der Waals surface area contributed by atoms with Crippen LogP contribution in [0.1, 0.15) is 26.7 Å². The summed E-state index contributed by atoms with van der Waals surface area (Å²) in [5.74, 6) is -0.104. The van der Waals surface area contributed by atoms with E-state index in [4.69, 9.17) is 4.74 Å². The second-order valence-corrected chi connectivity index (χ2v) is 7.40. The highest BCUT2D eigenvalue weighted by Crippen LogP contribution is 2.27. The summed E-state index contributed by atoms with van der Waals surface area (Å²) >= 11 is 0. The number of hydrogen-bond acceptors (Lipinski definition) is 4. The molecule has 0 saturated carbocycles. The Morgan fingerprint density at radius 3 is 2.36 bits per heavy atom. The average molecular weight is 326 g/mol. The van der Waals surface area contributed by atoms with E-state index >= 15 is 0 Å². The summed E-state index contributed by atoms with van der Waals surface area (Å²) in [5.41, 5.74) is 1.28. The molecule has 7 heteroatoms. The molecule has 0 bridgehead atoms. The van der Waals surface area contributed by atoms with E-state index in [0.29, 0.717) is 37.4 Å². The lowest BCUT2D eigenvalue weighted by atomic mass is 10.1. The maximum atomic E-state index is 12.5. The molecular formula is C15H22N2O4S. The van der Waals surface area contributed by atoms with Gasteiger partial charge in [-0.25, -0.2) is 8.42 Å². The Morgan fingerprint density at radius 2 is 1.86 bits per heavy atom. The number of rotatable bonds is 5. The normalized spacial score (nSPS) is 16.3. The van der Waals surface area contributed by atoms with E-state index in [1.54, 1.807) is 31.2 Å². The van der Waals surface area contributed by atoms with Gasteiger partial charge in [-0.1, -0.05) is 0 Å². The second-order valence-electron chi connectivity index (χ2n) is 5.27. The minimum Gasteiger partial charge on any atom is -0.381 e. The topological polar surface area (TPSA) is 75.7 Å². The van der Waals surface area contributed by atoms with E-state index in [0.717, 1.165) is 0 Å². The fourth-order valence-electron chi connectivity index (χ4n) is 2.55. The Bertz CT molecular complexity index is 607. The first kappa shape index (κ1) is 16.8. The Morgan fingerprint density at radius 1 is 1.27 bits per heavy atom. The summed E-state index contributed by atoms with van der Waals surface area (Å²) in [4.78, 5) is 11.1. The van der Waals surface area contributed by atoms with Crippen LogP contribution < -0.4 is 9.62 Å². The minimum absolute atomic E-state index is 0.0534. The maximum Gasteiger partial charge on any atom is 0.235 e. The third kappa shape index (κ3) is 3.98. The predicted octanol–water partition coefficient (Wildman–Crippen LogP) is 1.98. The van der Waals surface area contributed by atoms with Crippen molar-refractivity contribution in [3.8, 4) is 0 Å². The van der Waals surface area contributed by atoms with Gasteiger partial charge in [0.2, 0.25) is 15.9 Å². The van der Waals surface area contributed by atoms with Crippen LogP contribution in [0.4, 0.5) is 11.4 Å². The van der Waals surface area contributed by atoms with Gasteiger partial charge in [-0.2, -0.15) is 0 Å². The molecule has 122 valence electrons. The van der Waals surface area contributed by atoms with Crippen LogP contribution in [0.3, 0.4) is 0 Å². The predicted molar refractivity (Wildman–Crippen MR) is 86.5 cm³/mol. The Labute approximate surface area is 131 Å². The van der Waals surface area contributed by atoms with Crippen molar-refractivity contribution in [3.63, 3.8) is 0 Å². The molecule has 1 aliphatic rings. The summed E-state index contributed by atoms with van der Waals surface area (Å²) in [6, 6.07) is 6.81. The highest BCUT2D eigenvalue weighted by Gasteiger charge is 2.30. The van der Waals surface area contributed by atoms with Gasteiger partial charge in [0.1, 0.15) is 0 Å². The number of nitrogens with one attached hydrogen (secondary N) is 1. The largest absolute Gasteiger partial charge is 0.381 e. The van der Waals surface area contributed by atoms with Crippen molar-refractivity contribution in [1.82, 2.24) is 0 Å². The van der Waals surface area contributed by atoms with E-state index in [2.05, 4.69) is 5.32 Å². The van der Waals surface area contributed by atoms with Gasteiger partial charge in [0, 0.05) is 31.9 Å². The van der Waals surface area contributed by atoms with Gasteiger partial charge in [0.15, 0.2) is 0 Å². The van der Waals surface area contributed by atoms with E-state index < -0.39 is 10.0 Å². The van der Waals surface area contributed by atoms with Crippen molar-refractivity contribution in [3.05, 3.63) is 24.3 Å². The number of carbonyl (C=O) groups excluding carboxylic acids is 1. The zero-order chi connectivity index (χ0) is 16.2. The number of benzene rings is 1. The molecule has 1 saturated heterocycles. The van der Waals surface area contributed by atoms with Crippen LogP contribution in [0.15, 0.2) is 24.3 Å². The Hall–Kier alpha value is -1.60. The summed E-state index contributed by atoms with van der Waals surface area (Å²) in [5, 5.41) is 2.68. The molecule has 0 aromatic heterocycles. The molecule has 0 atom stereocenters. The smallest absolute Gasteiger partial charge is 0.235 e. The van der Waals surface area contributed by atoms with Gasteiger partial charge in [0.05, 0.1) is 11.4 Å². The van der Waals surface area contributed by atoms with Crippen LogP contribution in [0.5, 0.6) is 0 Å². The zero-order valence-corrected chi connectivity index (χ0v) is 13.7. The lowest BCUT2D eigenvalue weighted by molar-refractivity contribution is -0.114. The fourth-order valence-corrected chi connectivity index (χ4v) is 3.94. The molecule has 0 spiro atoms. The zero-order valence-electron chi connectivity index (χ0n) is 12.9. The number of nitrogens with zero attached hydrogens (tertiary/aromatic N) is 1. The standard InChI is InChI=1S/C15H22N2O4S/c1-3-22(19,20)17(15-8-10-21-11-9-15)14-6-4-13(5-7-14)16-12(2)18/h4-7,15H,3,8-11H2,1-2H3,(H,16,18). The SMILES string of the molecule is CCS(=O)(=O)N(c1ccc(NC(C)=O)cc1)C1CCOCC1. The molecule has 0 aliphatic carbocycles. The maximum absolute atomic E-state index is 12.5. The number of carbonyl (C=O) groups is 1. The molecule has 1 amide bonds. The summed E-state index contributed by atoms with van der Waals surface area (Å²) < 4.78 is 31.8. The number of anilines is 2. The van der Waals surface area contributed by atoms with Crippen LogP contribution in [0.25, 0.3) is 0 Å². The molecule has 2 rings (SSSR count). The van der Waals surface area contributed by atoms with Gasteiger partial charge in [-0.3, -0.25) is 9.10 Å². The summed E-state index contributed by atoms with van der Waals surface area (Å²) in [7, 11) is -3.36. The first-order chi connectivity index (χ1) is 10.4. The summed E-state index contributed by atoms with van der Waals surface area (Å²) in [6.07, 6.45) is 1.37. The van der Waals surface area contributed by atoms with Crippen molar-refractivity contribution in [2.24, 2.45) is 0 Å². The van der Waals surface area contributed by atoms with Crippen LogP contribution in [0, 0.1) is 0 Å². The molecule has 1 heterocycles. The van der Waals surface area contributed by atoms with Crippen molar-refractivity contribution in [2.75, 3.05) is 28.6 Å². The third-order valence-electron chi connectivity index (χ3n) is 3.63. The third-order valence-corrected chi connectivity index (χ3v) is 5.47. The quantitative estimate of drug-likeness (QED) is 0.898. The molecule has 22 heavy (non-hydrogen) atoms. The number of sulfonamides is 1. The van der Waals surface area contributed by atoms with E-state index in [-0.39, 0.29) is 17.7 Å². The van der Waals surface area contributed by atoms with Crippen LogP contribution >= 0.6 is 0 Å². The van der Waals surface area contributed by atoms with Crippen molar-refractivity contribution in [2.45, 2.75) is 32.7 Å². The minimum atomic E-state index is -3.36. The molecule has 0 unspecified atom stereocenters. The Kier molecular flexibility index (Phi) is 5.42. The fraction of sp³-hybridized carbons (Fsp3) is 0.533. The first-order valence-corrected chi connectivity index (χ1v) is 9.02. The van der Waals surface area contributed by atoms with Gasteiger partial charge >= 0.3 is 0 Å². The van der Waals surface area contributed by atoms with Gasteiger partial charge in [-0.15, -0.1) is 0 Å². The lowest BCUT2D eigenvalue weighted by Gasteiger charge is -2.35. The first-order valence-electron chi connectivity index (χ1n) is 7.41.